The SMILES string of the molecule is CCOc1ccccc1C(=O)N(CC)[C@H]1CN(C(C)=O)C2(CCCCC2)C1. The Labute approximate surface area is 162 Å². The van der Waals surface area contributed by atoms with Gasteiger partial charge in [-0.1, -0.05) is 31.4 Å². The monoisotopic (exact) mass is 372 g/mol. The number of benzene rings is 1. The summed E-state index contributed by atoms with van der Waals surface area (Å²) >= 11 is 0. The van der Waals surface area contributed by atoms with E-state index in [0.717, 1.165) is 19.3 Å². The first-order valence-electron chi connectivity index (χ1n) is 10.3. The summed E-state index contributed by atoms with van der Waals surface area (Å²) in [6, 6.07) is 7.53. The Balaban J connectivity index is 1.85. The van der Waals surface area contributed by atoms with Gasteiger partial charge in [0, 0.05) is 25.6 Å². The highest BCUT2D eigenvalue weighted by molar-refractivity contribution is 5.97. The zero-order chi connectivity index (χ0) is 19.4. The van der Waals surface area contributed by atoms with Crippen LogP contribution in [0.4, 0.5) is 0 Å². The van der Waals surface area contributed by atoms with E-state index in [-0.39, 0.29) is 23.4 Å². The van der Waals surface area contributed by atoms with Gasteiger partial charge in [0.25, 0.3) is 5.91 Å². The number of carbonyl (C=O) groups is 2. The predicted molar refractivity (Wildman–Crippen MR) is 106 cm³/mol. The molecule has 5 nitrogen and oxygen atoms in total. The lowest BCUT2D eigenvalue weighted by molar-refractivity contribution is -0.134. The molecule has 2 fully saturated rings. The molecule has 1 heterocycles. The van der Waals surface area contributed by atoms with Crippen LogP contribution in [0.25, 0.3) is 0 Å². The van der Waals surface area contributed by atoms with Crippen molar-refractivity contribution in [2.75, 3.05) is 19.7 Å². The molecule has 2 amide bonds. The minimum atomic E-state index is -0.0537. The summed E-state index contributed by atoms with van der Waals surface area (Å²) in [6.45, 7) is 7.42. The molecule has 0 N–H and O–H groups in total. The molecule has 1 saturated carbocycles. The number of rotatable bonds is 5. The van der Waals surface area contributed by atoms with Crippen molar-refractivity contribution in [1.29, 1.82) is 0 Å². The van der Waals surface area contributed by atoms with Crippen LogP contribution in [0.2, 0.25) is 0 Å². The number of hydrogen-bond acceptors (Lipinski definition) is 3. The molecule has 148 valence electrons. The van der Waals surface area contributed by atoms with Gasteiger partial charge in [0.2, 0.25) is 5.91 Å². The molecule has 1 aliphatic carbocycles. The molecular weight excluding hydrogens is 340 g/mol. The summed E-state index contributed by atoms with van der Waals surface area (Å²) < 4.78 is 5.67. The minimum Gasteiger partial charge on any atom is -0.493 e. The number of likely N-dealkylation sites (tertiary alicyclic amines) is 1. The van der Waals surface area contributed by atoms with Crippen LogP contribution in [0.15, 0.2) is 24.3 Å². The van der Waals surface area contributed by atoms with Gasteiger partial charge in [0.15, 0.2) is 0 Å². The first-order chi connectivity index (χ1) is 13.0. The summed E-state index contributed by atoms with van der Waals surface area (Å²) in [5, 5.41) is 0. The molecule has 1 aliphatic heterocycles. The largest absolute Gasteiger partial charge is 0.493 e. The van der Waals surface area contributed by atoms with Gasteiger partial charge >= 0.3 is 0 Å². The second-order valence-corrected chi connectivity index (χ2v) is 7.79. The molecule has 2 aliphatic rings. The van der Waals surface area contributed by atoms with E-state index in [2.05, 4.69) is 4.90 Å². The Morgan fingerprint density at radius 3 is 2.52 bits per heavy atom. The van der Waals surface area contributed by atoms with Gasteiger partial charge in [-0.15, -0.1) is 0 Å². The summed E-state index contributed by atoms with van der Waals surface area (Å²) in [6.07, 6.45) is 6.60. The van der Waals surface area contributed by atoms with Crippen molar-refractivity contribution in [3.05, 3.63) is 29.8 Å². The molecular formula is C22H32N2O3. The zero-order valence-corrected chi connectivity index (χ0v) is 16.9. The van der Waals surface area contributed by atoms with Crippen LogP contribution in [0.5, 0.6) is 5.75 Å². The predicted octanol–water partition coefficient (Wildman–Crippen LogP) is 3.87. The van der Waals surface area contributed by atoms with E-state index in [1.165, 1.54) is 19.3 Å². The van der Waals surface area contributed by atoms with Crippen LogP contribution in [0.1, 0.15) is 69.7 Å². The average molecular weight is 373 g/mol. The fourth-order valence-electron chi connectivity index (χ4n) is 5.02. The molecule has 0 radical (unpaired) electrons. The van der Waals surface area contributed by atoms with Crippen molar-refractivity contribution in [3.63, 3.8) is 0 Å². The zero-order valence-electron chi connectivity index (χ0n) is 16.9. The van der Waals surface area contributed by atoms with Crippen LogP contribution in [0, 0.1) is 0 Å². The highest BCUT2D eigenvalue weighted by Crippen LogP contribution is 2.43. The van der Waals surface area contributed by atoms with Crippen LogP contribution in [0.3, 0.4) is 0 Å². The molecule has 1 atom stereocenters. The second-order valence-electron chi connectivity index (χ2n) is 7.79. The van der Waals surface area contributed by atoms with Gasteiger partial charge in [-0.25, -0.2) is 0 Å². The Morgan fingerprint density at radius 2 is 1.89 bits per heavy atom. The van der Waals surface area contributed by atoms with Crippen molar-refractivity contribution in [1.82, 2.24) is 9.80 Å². The lowest BCUT2D eigenvalue weighted by Crippen LogP contribution is -2.47. The molecule has 0 bridgehead atoms. The van der Waals surface area contributed by atoms with Gasteiger partial charge in [-0.05, 0) is 45.2 Å². The summed E-state index contributed by atoms with van der Waals surface area (Å²) in [4.78, 5) is 29.7. The van der Waals surface area contributed by atoms with Crippen molar-refractivity contribution >= 4 is 11.8 Å². The van der Waals surface area contributed by atoms with Gasteiger partial charge < -0.3 is 14.5 Å². The van der Waals surface area contributed by atoms with Crippen molar-refractivity contribution in [2.45, 2.75) is 70.9 Å². The molecule has 1 saturated heterocycles. The van der Waals surface area contributed by atoms with Gasteiger partial charge in [-0.3, -0.25) is 9.59 Å². The number of amides is 2. The van der Waals surface area contributed by atoms with E-state index < -0.39 is 0 Å². The Bertz CT molecular complexity index is 682. The van der Waals surface area contributed by atoms with E-state index in [1.54, 1.807) is 6.92 Å². The average Bonchev–Trinajstić information content (AvgIpc) is 3.02. The number of ether oxygens (including phenoxy) is 1. The molecule has 1 aromatic rings. The standard InChI is InChI=1S/C22H32N2O3/c1-4-23(21(26)19-11-7-8-12-20(19)27-5-2)18-15-22(13-9-6-10-14-22)24(16-18)17(3)25/h7-8,11-12,18H,4-6,9-10,13-16H2,1-3H3/t18-/m1/s1. The van der Waals surface area contributed by atoms with Gasteiger partial charge in [0.1, 0.15) is 5.75 Å². The topological polar surface area (TPSA) is 49.9 Å². The van der Waals surface area contributed by atoms with Gasteiger partial charge in [0.05, 0.1) is 18.2 Å². The third kappa shape index (κ3) is 3.83. The molecule has 0 aromatic heterocycles. The maximum atomic E-state index is 13.3. The number of hydrogen-bond donors (Lipinski definition) is 0. The maximum Gasteiger partial charge on any atom is 0.257 e. The first-order valence-corrected chi connectivity index (χ1v) is 10.3. The van der Waals surface area contributed by atoms with Crippen LogP contribution in [-0.4, -0.2) is 52.9 Å². The molecule has 1 aromatic carbocycles. The number of nitrogens with zero attached hydrogens (tertiary/aromatic N) is 2. The van der Waals surface area contributed by atoms with Gasteiger partial charge in [-0.2, -0.15) is 0 Å². The Kier molecular flexibility index (Phi) is 6.08. The summed E-state index contributed by atoms with van der Waals surface area (Å²) in [5.74, 6) is 0.776. The normalized spacial score (nSPS) is 21.3. The van der Waals surface area contributed by atoms with Crippen LogP contribution < -0.4 is 4.74 Å². The summed E-state index contributed by atoms with van der Waals surface area (Å²) in [5.41, 5.74) is 0.558. The number of para-hydroxylation sites is 1. The maximum absolute atomic E-state index is 13.3. The molecule has 1 spiro atoms. The third-order valence-corrected chi connectivity index (χ3v) is 6.21. The lowest BCUT2D eigenvalue weighted by Gasteiger charge is -2.41. The fourth-order valence-corrected chi connectivity index (χ4v) is 5.02. The molecule has 3 rings (SSSR count). The molecule has 27 heavy (non-hydrogen) atoms. The summed E-state index contributed by atoms with van der Waals surface area (Å²) in [7, 11) is 0. The lowest BCUT2D eigenvalue weighted by atomic mass is 9.79. The first kappa shape index (κ1) is 19.7. The van der Waals surface area contributed by atoms with Crippen LogP contribution in [-0.2, 0) is 4.79 Å². The van der Waals surface area contributed by atoms with E-state index in [9.17, 15) is 9.59 Å². The fraction of sp³-hybridized carbons (Fsp3) is 0.636. The Morgan fingerprint density at radius 1 is 1.19 bits per heavy atom. The smallest absolute Gasteiger partial charge is 0.257 e. The van der Waals surface area contributed by atoms with E-state index in [1.807, 2.05) is 43.0 Å². The van der Waals surface area contributed by atoms with E-state index in [4.69, 9.17) is 4.74 Å². The third-order valence-electron chi connectivity index (χ3n) is 6.21. The molecule has 5 heteroatoms. The van der Waals surface area contributed by atoms with Crippen molar-refractivity contribution < 1.29 is 14.3 Å². The van der Waals surface area contributed by atoms with Crippen molar-refractivity contribution in [2.24, 2.45) is 0 Å². The number of carbonyl (C=O) groups excluding carboxylic acids is 2. The Hall–Kier alpha value is -2.04. The van der Waals surface area contributed by atoms with Crippen LogP contribution >= 0.6 is 0 Å². The van der Waals surface area contributed by atoms with E-state index >= 15 is 0 Å². The molecule has 0 unspecified atom stereocenters. The highest BCUT2D eigenvalue weighted by atomic mass is 16.5. The van der Waals surface area contributed by atoms with Crippen molar-refractivity contribution in [3.8, 4) is 5.75 Å². The van der Waals surface area contributed by atoms with E-state index in [0.29, 0.717) is 31.0 Å². The quantitative estimate of drug-likeness (QED) is 0.788. The second kappa shape index (κ2) is 8.32. The highest BCUT2D eigenvalue weighted by Gasteiger charge is 2.49. The minimum absolute atomic E-state index is 0.00270. The number of likely N-dealkylation sites (N-methyl/N-ethyl adjacent to an activating group) is 1.